The summed E-state index contributed by atoms with van der Waals surface area (Å²) in [5.41, 5.74) is 0. The Balaban J connectivity index is 3.57. The Kier molecular flexibility index (Phi) is 4.17. The van der Waals surface area contributed by atoms with Crippen LogP contribution in [0.5, 0.6) is 0 Å². The minimum absolute atomic E-state index is 0.143. The van der Waals surface area contributed by atoms with Crippen LogP contribution in [-0.2, 0) is 9.47 Å². The highest BCUT2D eigenvalue weighted by atomic mass is 19.3. The van der Waals surface area contributed by atoms with E-state index in [1.807, 2.05) is 0 Å². The van der Waals surface area contributed by atoms with Gasteiger partial charge in [0.2, 0.25) is 0 Å². The molecule has 0 spiro atoms. The molecule has 0 radical (unpaired) electrons. The smallest absolute Gasteiger partial charge is 0.353 e. The van der Waals surface area contributed by atoms with Crippen LogP contribution in [0.25, 0.3) is 0 Å². The second kappa shape index (κ2) is 4.40. The summed E-state index contributed by atoms with van der Waals surface area (Å²) < 4.78 is 33.4. The van der Waals surface area contributed by atoms with Gasteiger partial charge in [-0.2, -0.15) is 8.78 Å². The van der Waals surface area contributed by atoms with Crippen LogP contribution in [0.1, 0.15) is 20.8 Å². The van der Waals surface area contributed by atoms with Gasteiger partial charge < -0.3 is 9.47 Å². The Labute approximate surface area is 71.2 Å². The number of rotatable bonds is 5. The lowest BCUT2D eigenvalue weighted by Gasteiger charge is -2.17. The first-order valence-corrected chi connectivity index (χ1v) is 3.65. The number of hydrogen-bond donors (Lipinski definition) is 0. The molecule has 12 heavy (non-hydrogen) atoms. The molecule has 0 aromatic heterocycles. The van der Waals surface area contributed by atoms with Gasteiger partial charge in [0.25, 0.3) is 0 Å². The molecule has 0 aliphatic carbocycles. The molecular weight excluding hydrogens is 166 g/mol. The predicted molar refractivity (Wildman–Crippen MR) is 41.9 cm³/mol. The van der Waals surface area contributed by atoms with Crippen molar-refractivity contribution in [3.8, 4) is 0 Å². The van der Waals surface area contributed by atoms with Gasteiger partial charge in [-0.3, -0.25) is 0 Å². The van der Waals surface area contributed by atoms with Crippen molar-refractivity contribution in [2.75, 3.05) is 6.61 Å². The van der Waals surface area contributed by atoms with E-state index in [4.69, 9.17) is 4.74 Å². The largest absolute Gasteiger partial charge is 0.494 e. The van der Waals surface area contributed by atoms with Crippen LogP contribution >= 0.6 is 0 Å². The van der Waals surface area contributed by atoms with E-state index in [1.54, 1.807) is 13.8 Å². The number of allylic oxidation sites excluding steroid dienone is 1. The second-order valence-electron chi connectivity index (χ2n) is 2.75. The maximum atomic E-state index is 12.1. The normalized spacial score (nSPS) is 14.1. The van der Waals surface area contributed by atoms with Crippen LogP contribution in [0.4, 0.5) is 8.78 Å². The first kappa shape index (κ1) is 11.4. The summed E-state index contributed by atoms with van der Waals surface area (Å²) in [6, 6.07) is 0. The van der Waals surface area contributed by atoms with Gasteiger partial charge in [-0.1, -0.05) is 6.58 Å². The quantitative estimate of drug-likeness (QED) is 0.605. The lowest BCUT2D eigenvalue weighted by molar-refractivity contribution is -0.234. The van der Waals surface area contributed by atoms with Gasteiger partial charge in [0.1, 0.15) is 6.10 Å². The van der Waals surface area contributed by atoms with E-state index in [0.29, 0.717) is 12.7 Å². The molecule has 0 saturated heterocycles. The van der Waals surface area contributed by atoms with Crippen molar-refractivity contribution in [1.82, 2.24) is 0 Å². The van der Waals surface area contributed by atoms with E-state index >= 15 is 0 Å². The summed E-state index contributed by atoms with van der Waals surface area (Å²) in [7, 11) is 0. The Hall–Kier alpha value is -0.640. The van der Waals surface area contributed by atoms with E-state index in [9.17, 15) is 8.78 Å². The van der Waals surface area contributed by atoms with Crippen LogP contribution in [0, 0.1) is 0 Å². The molecule has 0 N–H and O–H groups in total. The van der Waals surface area contributed by atoms with Gasteiger partial charge in [0.05, 0.1) is 12.4 Å². The second-order valence-corrected chi connectivity index (χ2v) is 2.75. The molecular formula is C8H14F2O2. The molecule has 0 rings (SSSR count). The molecule has 0 amide bonds. The zero-order valence-electron chi connectivity index (χ0n) is 7.56. The zero-order valence-corrected chi connectivity index (χ0v) is 7.56. The fourth-order valence-electron chi connectivity index (χ4n) is 0.641. The van der Waals surface area contributed by atoms with E-state index in [1.165, 1.54) is 0 Å². The molecule has 0 heterocycles. The van der Waals surface area contributed by atoms with Crippen molar-refractivity contribution < 1.29 is 18.3 Å². The van der Waals surface area contributed by atoms with Crippen LogP contribution in [-0.4, -0.2) is 18.8 Å². The Morgan fingerprint density at radius 1 is 1.58 bits per heavy atom. The lowest BCUT2D eigenvalue weighted by atomic mass is 10.4. The predicted octanol–water partition coefficient (Wildman–Crippen LogP) is 2.55. The summed E-state index contributed by atoms with van der Waals surface area (Å²) in [5, 5.41) is 0. The van der Waals surface area contributed by atoms with Gasteiger partial charge in [-0.15, -0.1) is 0 Å². The van der Waals surface area contributed by atoms with E-state index < -0.39 is 12.2 Å². The lowest BCUT2D eigenvalue weighted by Crippen LogP contribution is -2.23. The molecule has 0 saturated carbocycles. The van der Waals surface area contributed by atoms with E-state index in [2.05, 4.69) is 11.3 Å². The van der Waals surface area contributed by atoms with Crippen molar-refractivity contribution in [2.24, 2.45) is 0 Å². The van der Waals surface area contributed by atoms with Crippen LogP contribution in [0.2, 0.25) is 0 Å². The number of halogens is 2. The molecule has 0 aromatic carbocycles. The van der Waals surface area contributed by atoms with Gasteiger partial charge >= 0.3 is 6.11 Å². The minimum atomic E-state index is -3.09. The molecule has 2 nitrogen and oxygen atoms in total. The molecule has 0 fully saturated rings. The van der Waals surface area contributed by atoms with Gasteiger partial charge in [0.15, 0.2) is 0 Å². The Morgan fingerprint density at radius 3 is 2.42 bits per heavy atom. The van der Waals surface area contributed by atoms with E-state index in [0.717, 1.165) is 0 Å². The average molecular weight is 180 g/mol. The third-order valence-corrected chi connectivity index (χ3v) is 0.974. The summed E-state index contributed by atoms with van der Waals surface area (Å²) >= 11 is 0. The van der Waals surface area contributed by atoms with Gasteiger partial charge in [0, 0.05) is 6.92 Å². The Bertz CT molecular complexity index is 152. The summed E-state index contributed by atoms with van der Waals surface area (Å²) in [6.07, 6.45) is -3.49. The highest BCUT2D eigenvalue weighted by Gasteiger charge is 2.22. The molecule has 72 valence electrons. The molecule has 0 aromatic rings. The van der Waals surface area contributed by atoms with Crippen molar-refractivity contribution in [3.05, 3.63) is 12.3 Å². The van der Waals surface area contributed by atoms with Crippen LogP contribution in [0.3, 0.4) is 0 Å². The molecule has 1 unspecified atom stereocenters. The number of ether oxygens (including phenoxy) is 2. The maximum absolute atomic E-state index is 12.1. The van der Waals surface area contributed by atoms with Gasteiger partial charge in [-0.05, 0) is 13.8 Å². The summed E-state index contributed by atoms with van der Waals surface area (Å²) in [6.45, 7) is 7.32. The van der Waals surface area contributed by atoms with Crippen LogP contribution < -0.4 is 0 Å². The maximum Gasteiger partial charge on any atom is 0.353 e. The monoisotopic (exact) mass is 180 g/mol. The zero-order chi connectivity index (χ0) is 9.78. The summed E-state index contributed by atoms with van der Waals surface area (Å²) in [4.78, 5) is 0. The van der Waals surface area contributed by atoms with Gasteiger partial charge in [-0.25, -0.2) is 0 Å². The average Bonchev–Trinajstić information content (AvgIpc) is 1.80. The third-order valence-electron chi connectivity index (χ3n) is 0.974. The topological polar surface area (TPSA) is 18.5 Å². The summed E-state index contributed by atoms with van der Waals surface area (Å²) in [5.74, 6) is 0.491. The molecule has 0 aliphatic rings. The van der Waals surface area contributed by atoms with Crippen LogP contribution in [0.15, 0.2) is 12.3 Å². The fraction of sp³-hybridized carbons (Fsp3) is 0.750. The van der Waals surface area contributed by atoms with Crippen molar-refractivity contribution in [2.45, 2.75) is 33.0 Å². The van der Waals surface area contributed by atoms with Crippen molar-refractivity contribution in [1.29, 1.82) is 0 Å². The third kappa shape index (κ3) is 7.47. The van der Waals surface area contributed by atoms with Crippen molar-refractivity contribution >= 4 is 0 Å². The first-order chi connectivity index (χ1) is 5.31. The SMILES string of the molecule is C=C(C)OC(C)COC(C)(F)F. The number of hydrogen-bond acceptors (Lipinski definition) is 2. The minimum Gasteiger partial charge on any atom is -0.494 e. The molecule has 1 atom stereocenters. The van der Waals surface area contributed by atoms with Crippen molar-refractivity contribution in [3.63, 3.8) is 0 Å². The standard InChI is InChI=1S/C8H14F2O2/c1-6(2)12-7(3)5-11-8(4,9)10/h7H,1,5H2,2-4H3. The highest BCUT2D eigenvalue weighted by Crippen LogP contribution is 2.14. The molecule has 4 heteroatoms. The number of alkyl halides is 2. The first-order valence-electron chi connectivity index (χ1n) is 3.65. The Morgan fingerprint density at radius 2 is 2.08 bits per heavy atom. The van der Waals surface area contributed by atoms with E-state index in [-0.39, 0.29) is 6.61 Å². The molecule has 0 bridgehead atoms. The molecule has 0 aliphatic heterocycles. The highest BCUT2D eigenvalue weighted by molar-refractivity contribution is 4.75. The fourth-order valence-corrected chi connectivity index (χ4v) is 0.641.